The fourth-order valence-electron chi connectivity index (χ4n) is 4.09. The predicted octanol–water partition coefficient (Wildman–Crippen LogP) is 11.4. The summed E-state index contributed by atoms with van der Waals surface area (Å²) in [5.74, 6) is 0. The summed E-state index contributed by atoms with van der Waals surface area (Å²) in [4.78, 5) is 18.3. The van der Waals surface area contributed by atoms with Crippen molar-refractivity contribution in [2.24, 2.45) is 0 Å². The fourth-order valence-corrected chi connectivity index (χ4v) is 4.61. The van der Waals surface area contributed by atoms with Crippen LogP contribution in [0.25, 0.3) is 43.6 Å². The van der Waals surface area contributed by atoms with Crippen LogP contribution in [0.1, 0.15) is 5.56 Å². The molecule has 4 aromatic heterocycles. The monoisotopic (exact) mass is 796 g/mol. The quantitative estimate of drug-likeness (QED) is 0.0716. The molecule has 0 aliphatic rings. The zero-order valence-electron chi connectivity index (χ0n) is 24.6. The number of halogens is 7. The van der Waals surface area contributed by atoms with Crippen LogP contribution in [0.15, 0.2) is 127 Å². The smallest absolute Gasteiger partial charge is 0.0964 e. The van der Waals surface area contributed by atoms with Crippen LogP contribution in [0.5, 0.6) is 0 Å². The third kappa shape index (κ3) is 13.2. The average molecular weight is 796 g/mol. The van der Waals surface area contributed by atoms with Crippen molar-refractivity contribution in [3.05, 3.63) is 127 Å². The third-order valence-corrected chi connectivity index (χ3v) is 6.98. The third-order valence-electron chi connectivity index (χ3n) is 6.04. The van der Waals surface area contributed by atoms with E-state index in [2.05, 4.69) is 78.2 Å². The van der Waals surface area contributed by atoms with Gasteiger partial charge < -0.3 is 0 Å². The van der Waals surface area contributed by atoms with Crippen LogP contribution >= 0.6 is 17.5 Å². The van der Waals surface area contributed by atoms with Crippen molar-refractivity contribution in [2.45, 2.75) is 11.8 Å². The van der Waals surface area contributed by atoms with Crippen LogP contribution in [0.4, 0.5) is 25.2 Å². The van der Waals surface area contributed by atoms with Gasteiger partial charge in [0.25, 0.3) is 0 Å². The summed E-state index contributed by atoms with van der Waals surface area (Å²) in [5, 5.41) is 4.55. The van der Waals surface area contributed by atoms with Gasteiger partial charge in [-0.2, -0.15) is 0 Å². The number of rotatable bonds is 1. The van der Waals surface area contributed by atoms with Gasteiger partial charge in [0.1, 0.15) is 0 Å². The first-order valence-electron chi connectivity index (χ1n) is 13.3. The number of aromatic nitrogens is 4. The average Bonchev–Trinajstić information content (AvgIpc) is 3.05. The van der Waals surface area contributed by atoms with E-state index < -0.39 is 18.6 Å². The molecule has 0 radical (unpaired) electrons. The fraction of sp³-hybridized carbons (Fsp3) is 0.0625. The van der Waals surface area contributed by atoms with Crippen LogP contribution in [-0.4, -0.2) is 30.4 Å². The SMILES string of the molecule is Cc1ccc([S@](C)=O)cc1.F[P-](F)(F)(F)(F)F.[Cl][Ru+].c1cnc2c(c1)ccc1cccnc12.c1cnc2c(c1)ccc1cccnc12. The normalized spacial score (nSPS) is 12.8. The maximum atomic E-state index is 10.9. The Morgan fingerprint density at radius 2 is 0.787 bits per heavy atom. The first-order valence-corrected chi connectivity index (χ1v) is 19.1. The maximum Gasteiger partial charge on any atom is 0.0964 e. The number of fused-ring (bicyclic) bond motifs is 6. The van der Waals surface area contributed by atoms with E-state index in [1.165, 1.54) is 5.56 Å². The van der Waals surface area contributed by atoms with E-state index >= 15 is 0 Å². The zero-order valence-corrected chi connectivity index (χ0v) is 28.8. The van der Waals surface area contributed by atoms with Crippen molar-refractivity contribution < 1.29 is 46.7 Å². The summed E-state index contributed by atoms with van der Waals surface area (Å²) in [5.41, 5.74) is 5.11. The van der Waals surface area contributed by atoms with Crippen LogP contribution in [0.2, 0.25) is 0 Å². The second-order valence-corrected chi connectivity index (χ2v) is 13.0. The van der Waals surface area contributed by atoms with Gasteiger partial charge >= 0.3 is 60.0 Å². The molecule has 0 aliphatic heterocycles. The molecule has 4 heterocycles. The Bertz CT molecular complexity index is 1900. The minimum absolute atomic E-state index is 0.837. The van der Waals surface area contributed by atoms with Crippen LogP contribution in [0, 0.1) is 6.92 Å². The van der Waals surface area contributed by atoms with E-state index in [4.69, 9.17) is 0 Å². The Labute approximate surface area is 282 Å². The van der Waals surface area contributed by atoms with Gasteiger partial charge in [-0.05, 0) is 43.3 Å². The van der Waals surface area contributed by atoms with Crippen molar-refractivity contribution in [3.8, 4) is 0 Å². The molecule has 1 atom stereocenters. The molecule has 5 nitrogen and oxygen atoms in total. The van der Waals surface area contributed by atoms with Crippen molar-refractivity contribution in [2.75, 3.05) is 6.26 Å². The van der Waals surface area contributed by atoms with Gasteiger partial charge in [0, 0.05) is 68.3 Å². The largest absolute Gasteiger partial charge is 0.254 e. The minimum Gasteiger partial charge on any atom is -0.254 e. The molecule has 15 heteroatoms. The number of benzene rings is 3. The Hall–Kier alpha value is -3.63. The summed E-state index contributed by atoms with van der Waals surface area (Å²) in [6.07, 6.45) is 8.89. The molecule has 0 N–H and O–H groups in total. The summed E-state index contributed by atoms with van der Waals surface area (Å²) < 4.78 is 70.1. The molecule has 0 bridgehead atoms. The van der Waals surface area contributed by atoms with Crippen molar-refractivity contribution in [1.82, 2.24) is 19.9 Å². The van der Waals surface area contributed by atoms with Gasteiger partial charge in [-0.25, -0.2) is 0 Å². The number of aryl methyl sites for hydroxylation is 1. The molecular weight excluding hydrogens is 770 g/mol. The number of nitrogens with zero attached hydrogens (tertiary/aromatic N) is 4. The van der Waals surface area contributed by atoms with Gasteiger partial charge in [-0.3, -0.25) is 24.1 Å². The second kappa shape index (κ2) is 15.5. The molecular formula is C32H26ClF6N4OPRuS. The van der Waals surface area contributed by atoms with E-state index in [1.54, 1.807) is 31.0 Å². The van der Waals surface area contributed by atoms with Gasteiger partial charge in [-0.15, -0.1) is 0 Å². The maximum absolute atomic E-state index is 10.9. The summed E-state index contributed by atoms with van der Waals surface area (Å²) >= 11 is 1.82. The number of hydrogen-bond acceptors (Lipinski definition) is 5. The Morgan fingerprint density at radius 3 is 1.02 bits per heavy atom. The number of pyridine rings is 4. The Balaban J connectivity index is 0.000000173. The topological polar surface area (TPSA) is 68.6 Å². The Kier molecular flexibility index (Phi) is 12.5. The van der Waals surface area contributed by atoms with Crippen molar-refractivity contribution in [3.63, 3.8) is 0 Å². The van der Waals surface area contributed by atoms with Gasteiger partial charge in [-0.1, -0.05) is 66.2 Å². The molecule has 0 saturated heterocycles. The van der Waals surface area contributed by atoms with Crippen LogP contribution in [-0.2, 0) is 28.1 Å². The molecule has 7 aromatic rings. The van der Waals surface area contributed by atoms with Crippen LogP contribution < -0.4 is 0 Å². The summed E-state index contributed by atoms with van der Waals surface area (Å²) in [6.45, 7) is 2.02. The van der Waals surface area contributed by atoms with Crippen LogP contribution in [0.3, 0.4) is 0 Å². The first kappa shape index (κ1) is 37.8. The van der Waals surface area contributed by atoms with Gasteiger partial charge in [0.2, 0.25) is 0 Å². The molecule has 7 rings (SSSR count). The molecule has 0 amide bonds. The molecule has 248 valence electrons. The van der Waals surface area contributed by atoms with Crippen molar-refractivity contribution in [1.29, 1.82) is 0 Å². The minimum atomic E-state index is -10.7. The molecule has 3 aromatic carbocycles. The van der Waals surface area contributed by atoms with E-state index in [1.807, 2.05) is 72.8 Å². The molecule has 0 saturated carbocycles. The van der Waals surface area contributed by atoms with E-state index in [0.717, 1.165) is 48.5 Å². The van der Waals surface area contributed by atoms with E-state index in [9.17, 15) is 29.4 Å². The summed E-state index contributed by atoms with van der Waals surface area (Å²) in [7, 11) is -6.93. The molecule has 47 heavy (non-hydrogen) atoms. The predicted molar refractivity (Wildman–Crippen MR) is 177 cm³/mol. The number of hydrogen-bond donors (Lipinski definition) is 0. The second-order valence-electron chi connectivity index (χ2n) is 9.66. The molecule has 0 spiro atoms. The summed E-state index contributed by atoms with van der Waals surface area (Å²) in [6, 6.07) is 32.0. The van der Waals surface area contributed by atoms with E-state index in [0.29, 0.717) is 0 Å². The molecule has 0 fully saturated rings. The zero-order chi connectivity index (χ0) is 34.7. The van der Waals surface area contributed by atoms with Gasteiger partial charge in [0.15, 0.2) is 0 Å². The van der Waals surface area contributed by atoms with Gasteiger partial charge in [0.05, 0.1) is 22.1 Å². The van der Waals surface area contributed by atoms with Crippen molar-refractivity contribution >= 4 is 71.9 Å². The standard InChI is InChI=1S/2C12H8N2.C8H10OS.ClH.F6P.Ru/c2*1-3-9-5-6-10-4-2-8-14-12(10)11(9)13-7-1;1-7-3-5-8(6-4-7)10(2)9;;1-7(2,3,4,5)6;/h2*1-8H;3-6H,1-2H3;1H;;/q;;;;-1;+2/p-1/t;;10-;;;/m..0.../s1. The Morgan fingerprint density at radius 1 is 0.532 bits per heavy atom. The first-order chi connectivity index (χ1) is 22.0. The molecule has 0 unspecified atom stereocenters. The van der Waals surface area contributed by atoms with E-state index in [-0.39, 0.29) is 0 Å². The molecule has 0 aliphatic carbocycles.